The SMILES string of the molecule is CC1CNC(CC(N)=O)S1. The van der Waals surface area contributed by atoms with Gasteiger partial charge in [-0.15, -0.1) is 11.8 Å². The lowest BCUT2D eigenvalue weighted by Crippen LogP contribution is -2.26. The molecule has 4 heteroatoms. The minimum absolute atomic E-state index is 0.223. The first kappa shape index (κ1) is 7.88. The molecule has 2 atom stereocenters. The fourth-order valence-electron chi connectivity index (χ4n) is 0.977. The number of hydrogen-bond donors (Lipinski definition) is 2. The van der Waals surface area contributed by atoms with Crippen molar-refractivity contribution in [3.8, 4) is 0 Å². The Bertz CT molecular complexity index is 140. The summed E-state index contributed by atoms with van der Waals surface area (Å²) >= 11 is 1.78. The molecule has 0 aromatic carbocycles. The second kappa shape index (κ2) is 3.25. The standard InChI is InChI=1S/C6H12N2OS/c1-4-3-8-6(10-4)2-5(7)9/h4,6,8H,2-3H2,1H3,(H2,7,9). The molecule has 0 aromatic rings. The first-order valence-electron chi connectivity index (χ1n) is 3.35. The maximum absolute atomic E-state index is 10.4. The smallest absolute Gasteiger partial charge is 0.219 e. The van der Waals surface area contributed by atoms with Crippen molar-refractivity contribution in [2.24, 2.45) is 5.73 Å². The quantitative estimate of drug-likeness (QED) is 0.593. The summed E-state index contributed by atoms with van der Waals surface area (Å²) in [4.78, 5) is 10.4. The Kier molecular flexibility index (Phi) is 2.56. The summed E-state index contributed by atoms with van der Waals surface area (Å²) in [5.41, 5.74) is 5.03. The first-order valence-corrected chi connectivity index (χ1v) is 4.30. The average Bonchev–Trinajstić information content (AvgIpc) is 2.13. The van der Waals surface area contributed by atoms with Crippen molar-refractivity contribution in [1.29, 1.82) is 0 Å². The van der Waals surface area contributed by atoms with Crippen molar-refractivity contribution in [2.75, 3.05) is 6.54 Å². The van der Waals surface area contributed by atoms with Crippen LogP contribution in [0, 0.1) is 0 Å². The van der Waals surface area contributed by atoms with E-state index in [9.17, 15) is 4.79 Å². The first-order chi connectivity index (χ1) is 4.68. The normalized spacial score (nSPS) is 32.5. The highest BCUT2D eigenvalue weighted by molar-refractivity contribution is 8.00. The average molecular weight is 160 g/mol. The lowest BCUT2D eigenvalue weighted by atomic mass is 10.4. The van der Waals surface area contributed by atoms with Gasteiger partial charge in [0.1, 0.15) is 0 Å². The Balaban J connectivity index is 2.24. The van der Waals surface area contributed by atoms with Crippen molar-refractivity contribution in [3.05, 3.63) is 0 Å². The van der Waals surface area contributed by atoms with Gasteiger partial charge in [-0.2, -0.15) is 0 Å². The number of carbonyl (C=O) groups is 1. The van der Waals surface area contributed by atoms with Crippen LogP contribution in [0.15, 0.2) is 0 Å². The van der Waals surface area contributed by atoms with Gasteiger partial charge in [0, 0.05) is 11.8 Å². The minimum Gasteiger partial charge on any atom is -0.370 e. The van der Waals surface area contributed by atoms with E-state index in [4.69, 9.17) is 5.73 Å². The molecule has 0 spiro atoms. The predicted octanol–water partition coefficient (Wildman–Crippen LogP) is -0.0872. The van der Waals surface area contributed by atoms with Gasteiger partial charge < -0.3 is 11.1 Å². The molecular formula is C6H12N2OS. The van der Waals surface area contributed by atoms with Gasteiger partial charge in [0.25, 0.3) is 0 Å². The predicted molar refractivity (Wildman–Crippen MR) is 42.7 cm³/mol. The lowest BCUT2D eigenvalue weighted by molar-refractivity contribution is -0.118. The summed E-state index contributed by atoms with van der Waals surface area (Å²) < 4.78 is 0. The molecule has 2 unspecified atom stereocenters. The summed E-state index contributed by atoms with van der Waals surface area (Å²) in [5.74, 6) is -0.223. The van der Waals surface area contributed by atoms with Crippen LogP contribution in [-0.4, -0.2) is 23.1 Å². The molecule has 1 aliphatic heterocycles. The lowest BCUT2D eigenvalue weighted by Gasteiger charge is -2.04. The van der Waals surface area contributed by atoms with E-state index in [2.05, 4.69) is 12.2 Å². The van der Waals surface area contributed by atoms with Gasteiger partial charge >= 0.3 is 0 Å². The van der Waals surface area contributed by atoms with E-state index in [0.29, 0.717) is 11.7 Å². The highest BCUT2D eigenvalue weighted by Crippen LogP contribution is 2.23. The Morgan fingerprint density at radius 3 is 3.00 bits per heavy atom. The molecule has 1 heterocycles. The van der Waals surface area contributed by atoms with Crippen LogP contribution in [0.25, 0.3) is 0 Å². The summed E-state index contributed by atoms with van der Waals surface area (Å²) in [6.45, 7) is 3.13. The third-order valence-electron chi connectivity index (χ3n) is 1.42. The maximum Gasteiger partial charge on any atom is 0.219 e. The van der Waals surface area contributed by atoms with Crippen molar-refractivity contribution >= 4 is 17.7 Å². The number of rotatable bonds is 2. The van der Waals surface area contributed by atoms with E-state index >= 15 is 0 Å². The summed E-state index contributed by atoms with van der Waals surface area (Å²) in [7, 11) is 0. The van der Waals surface area contributed by atoms with Crippen molar-refractivity contribution in [3.63, 3.8) is 0 Å². The Morgan fingerprint density at radius 2 is 2.60 bits per heavy atom. The van der Waals surface area contributed by atoms with Crippen LogP contribution in [0.4, 0.5) is 0 Å². The van der Waals surface area contributed by atoms with Crippen LogP contribution in [0.2, 0.25) is 0 Å². The number of primary amides is 1. The number of nitrogens with two attached hydrogens (primary N) is 1. The van der Waals surface area contributed by atoms with Crippen LogP contribution >= 0.6 is 11.8 Å². The van der Waals surface area contributed by atoms with Crippen molar-refractivity contribution in [1.82, 2.24) is 5.32 Å². The molecule has 0 bridgehead atoms. The van der Waals surface area contributed by atoms with E-state index in [0.717, 1.165) is 6.54 Å². The van der Waals surface area contributed by atoms with Crippen LogP contribution in [0.3, 0.4) is 0 Å². The molecule has 1 saturated heterocycles. The van der Waals surface area contributed by atoms with Gasteiger partial charge in [0.15, 0.2) is 0 Å². The Labute approximate surface area is 64.7 Å². The zero-order valence-corrected chi connectivity index (χ0v) is 6.78. The fraction of sp³-hybridized carbons (Fsp3) is 0.833. The van der Waals surface area contributed by atoms with E-state index in [1.54, 1.807) is 11.8 Å². The monoisotopic (exact) mass is 160 g/mol. The molecule has 0 saturated carbocycles. The van der Waals surface area contributed by atoms with Gasteiger partial charge in [-0.05, 0) is 0 Å². The molecule has 1 fully saturated rings. The van der Waals surface area contributed by atoms with Crippen molar-refractivity contribution < 1.29 is 4.79 Å². The fourth-order valence-corrected chi connectivity index (χ4v) is 2.18. The number of amides is 1. The van der Waals surface area contributed by atoms with Gasteiger partial charge in [0.2, 0.25) is 5.91 Å². The van der Waals surface area contributed by atoms with E-state index in [-0.39, 0.29) is 11.3 Å². The van der Waals surface area contributed by atoms with E-state index in [1.165, 1.54) is 0 Å². The number of nitrogens with one attached hydrogen (secondary N) is 1. The second-order valence-electron chi connectivity index (χ2n) is 2.51. The van der Waals surface area contributed by atoms with Gasteiger partial charge in [0.05, 0.1) is 11.8 Å². The molecule has 1 aliphatic rings. The third-order valence-corrected chi connectivity index (χ3v) is 2.71. The third kappa shape index (κ3) is 2.19. The molecule has 3 N–H and O–H groups in total. The molecular weight excluding hydrogens is 148 g/mol. The maximum atomic E-state index is 10.4. The summed E-state index contributed by atoms with van der Waals surface area (Å²) in [6.07, 6.45) is 0.453. The summed E-state index contributed by atoms with van der Waals surface area (Å²) in [5, 5.41) is 4.07. The Morgan fingerprint density at radius 1 is 1.90 bits per heavy atom. The Hall–Kier alpha value is -0.220. The molecule has 0 aromatic heterocycles. The molecule has 58 valence electrons. The van der Waals surface area contributed by atoms with Crippen LogP contribution < -0.4 is 11.1 Å². The topological polar surface area (TPSA) is 55.1 Å². The molecule has 0 aliphatic carbocycles. The zero-order valence-electron chi connectivity index (χ0n) is 5.96. The van der Waals surface area contributed by atoms with Gasteiger partial charge in [-0.1, -0.05) is 6.92 Å². The molecule has 3 nitrogen and oxygen atoms in total. The number of hydrogen-bond acceptors (Lipinski definition) is 3. The van der Waals surface area contributed by atoms with E-state index < -0.39 is 0 Å². The number of thioether (sulfide) groups is 1. The second-order valence-corrected chi connectivity index (χ2v) is 4.16. The molecule has 0 radical (unpaired) electrons. The minimum atomic E-state index is -0.223. The molecule has 1 rings (SSSR count). The highest BCUT2D eigenvalue weighted by Gasteiger charge is 2.21. The molecule has 10 heavy (non-hydrogen) atoms. The number of carbonyl (C=O) groups excluding carboxylic acids is 1. The van der Waals surface area contributed by atoms with E-state index in [1.807, 2.05) is 0 Å². The van der Waals surface area contributed by atoms with Crippen LogP contribution in [0.5, 0.6) is 0 Å². The van der Waals surface area contributed by atoms with Gasteiger partial charge in [-0.3, -0.25) is 4.79 Å². The van der Waals surface area contributed by atoms with Gasteiger partial charge in [-0.25, -0.2) is 0 Å². The zero-order chi connectivity index (χ0) is 7.56. The molecule has 1 amide bonds. The van der Waals surface area contributed by atoms with Crippen LogP contribution in [-0.2, 0) is 4.79 Å². The summed E-state index contributed by atoms with van der Waals surface area (Å²) in [6, 6.07) is 0. The van der Waals surface area contributed by atoms with Crippen molar-refractivity contribution in [2.45, 2.75) is 24.0 Å². The van der Waals surface area contributed by atoms with Crippen LogP contribution in [0.1, 0.15) is 13.3 Å². The largest absolute Gasteiger partial charge is 0.370 e. The highest BCUT2D eigenvalue weighted by atomic mass is 32.2.